The molecule has 144 valence electrons. The summed E-state index contributed by atoms with van der Waals surface area (Å²) in [5.41, 5.74) is 1.92. The van der Waals surface area contributed by atoms with Gasteiger partial charge in [0.05, 0.1) is 23.7 Å². The van der Waals surface area contributed by atoms with Gasteiger partial charge in [-0.3, -0.25) is 10.1 Å². The predicted octanol–water partition coefficient (Wildman–Crippen LogP) is 2.96. The van der Waals surface area contributed by atoms with Crippen LogP contribution in [-0.2, 0) is 19.1 Å². The van der Waals surface area contributed by atoms with E-state index < -0.39 is 22.8 Å². The number of nitro benzene ring substituents is 1. The fraction of sp³-hybridized carbons (Fsp3) is 0.368. The maximum absolute atomic E-state index is 12.7. The smallest absolute Gasteiger partial charge is 0.355 e. The Kier molecular flexibility index (Phi) is 6.33. The molecule has 8 nitrogen and oxygen atoms in total. The molecule has 1 atom stereocenters. The van der Waals surface area contributed by atoms with Crippen LogP contribution >= 0.6 is 0 Å². The first-order valence-electron chi connectivity index (χ1n) is 8.58. The molecular weight excluding hydrogens is 352 g/mol. The van der Waals surface area contributed by atoms with E-state index in [2.05, 4.69) is 5.32 Å². The fourth-order valence-corrected chi connectivity index (χ4v) is 2.96. The van der Waals surface area contributed by atoms with E-state index in [1.54, 1.807) is 39.8 Å². The molecule has 0 fully saturated rings. The van der Waals surface area contributed by atoms with Gasteiger partial charge in [-0.2, -0.15) is 0 Å². The molecule has 1 aromatic rings. The van der Waals surface area contributed by atoms with Crippen LogP contribution in [0.1, 0.15) is 39.2 Å². The van der Waals surface area contributed by atoms with Crippen LogP contribution < -0.4 is 5.32 Å². The van der Waals surface area contributed by atoms with Crippen LogP contribution in [0.4, 0.5) is 5.69 Å². The van der Waals surface area contributed by atoms with Crippen LogP contribution in [0.3, 0.4) is 0 Å². The average Bonchev–Trinajstić information content (AvgIpc) is 2.63. The van der Waals surface area contributed by atoms with Crippen molar-refractivity contribution < 1.29 is 24.0 Å². The molecule has 1 aromatic carbocycles. The number of nitrogens with zero attached hydrogens (tertiary/aromatic N) is 1. The summed E-state index contributed by atoms with van der Waals surface area (Å²) in [5.74, 6) is -2.01. The SMILES string of the molecule is CCOC(=O)C1=C(C(=O)OCC)C(c2cccc([N+](=O)[O-])c2)C(C)=C(C)N1. The molecule has 1 unspecified atom stereocenters. The quantitative estimate of drug-likeness (QED) is 0.463. The molecule has 0 saturated heterocycles. The molecule has 8 heteroatoms. The third kappa shape index (κ3) is 4.16. The number of benzene rings is 1. The number of allylic oxidation sites excluding steroid dienone is 2. The lowest BCUT2D eigenvalue weighted by molar-refractivity contribution is -0.384. The summed E-state index contributed by atoms with van der Waals surface area (Å²) < 4.78 is 10.2. The van der Waals surface area contributed by atoms with Crippen LogP contribution in [0.2, 0.25) is 0 Å². The lowest BCUT2D eigenvalue weighted by Gasteiger charge is -2.30. The number of hydrogen-bond donors (Lipinski definition) is 1. The van der Waals surface area contributed by atoms with E-state index >= 15 is 0 Å². The topological polar surface area (TPSA) is 108 Å². The Morgan fingerprint density at radius 1 is 1.15 bits per heavy atom. The van der Waals surface area contributed by atoms with Gasteiger partial charge in [0.1, 0.15) is 5.70 Å². The Morgan fingerprint density at radius 3 is 2.37 bits per heavy atom. The second-order valence-electron chi connectivity index (χ2n) is 5.95. The van der Waals surface area contributed by atoms with E-state index in [1.165, 1.54) is 12.1 Å². The largest absolute Gasteiger partial charge is 0.463 e. The van der Waals surface area contributed by atoms with Crippen molar-refractivity contribution >= 4 is 17.6 Å². The number of non-ortho nitro benzene ring substituents is 1. The maximum Gasteiger partial charge on any atom is 0.355 e. The van der Waals surface area contributed by atoms with E-state index in [1.807, 2.05) is 0 Å². The van der Waals surface area contributed by atoms with Gasteiger partial charge < -0.3 is 14.8 Å². The van der Waals surface area contributed by atoms with E-state index in [4.69, 9.17) is 9.47 Å². The summed E-state index contributed by atoms with van der Waals surface area (Å²) >= 11 is 0. The molecule has 0 aliphatic carbocycles. The second-order valence-corrected chi connectivity index (χ2v) is 5.95. The predicted molar refractivity (Wildman–Crippen MR) is 97.6 cm³/mol. The Labute approximate surface area is 157 Å². The summed E-state index contributed by atoms with van der Waals surface area (Å²) in [6, 6.07) is 6.00. The van der Waals surface area contributed by atoms with Gasteiger partial charge in [0, 0.05) is 23.7 Å². The van der Waals surface area contributed by atoms with Crippen molar-refractivity contribution in [1.29, 1.82) is 0 Å². The van der Waals surface area contributed by atoms with Crippen LogP contribution in [-0.4, -0.2) is 30.1 Å². The summed E-state index contributed by atoms with van der Waals surface area (Å²) in [6.07, 6.45) is 0. The highest BCUT2D eigenvalue weighted by Gasteiger charge is 2.37. The zero-order valence-corrected chi connectivity index (χ0v) is 15.7. The molecule has 1 aliphatic heterocycles. The molecule has 0 saturated carbocycles. The van der Waals surface area contributed by atoms with E-state index in [-0.39, 0.29) is 30.2 Å². The van der Waals surface area contributed by atoms with Gasteiger partial charge in [-0.05, 0) is 38.8 Å². The highest BCUT2D eigenvalue weighted by molar-refractivity contribution is 6.02. The Morgan fingerprint density at radius 2 is 1.78 bits per heavy atom. The van der Waals surface area contributed by atoms with E-state index in [0.29, 0.717) is 11.3 Å². The van der Waals surface area contributed by atoms with Crippen molar-refractivity contribution in [3.8, 4) is 0 Å². The van der Waals surface area contributed by atoms with Gasteiger partial charge in [0.15, 0.2) is 0 Å². The number of esters is 2. The normalized spacial score (nSPS) is 16.7. The Bertz CT molecular complexity index is 840. The number of nitro groups is 1. The molecule has 1 N–H and O–H groups in total. The van der Waals surface area contributed by atoms with Gasteiger partial charge in [0.25, 0.3) is 5.69 Å². The number of carbonyl (C=O) groups excluding carboxylic acids is 2. The fourth-order valence-electron chi connectivity index (χ4n) is 2.96. The van der Waals surface area contributed by atoms with Gasteiger partial charge in [-0.1, -0.05) is 12.1 Å². The van der Waals surface area contributed by atoms with Crippen molar-refractivity contribution in [2.45, 2.75) is 33.6 Å². The second kappa shape index (κ2) is 8.48. The number of carbonyl (C=O) groups is 2. The first-order valence-corrected chi connectivity index (χ1v) is 8.58. The lowest BCUT2D eigenvalue weighted by atomic mass is 9.81. The first kappa shape index (κ1) is 20.2. The van der Waals surface area contributed by atoms with Crippen molar-refractivity contribution in [3.05, 3.63) is 62.5 Å². The maximum atomic E-state index is 12.7. The molecule has 0 radical (unpaired) electrons. The zero-order valence-electron chi connectivity index (χ0n) is 15.7. The number of dihydropyridines is 1. The van der Waals surface area contributed by atoms with Crippen molar-refractivity contribution in [2.75, 3.05) is 13.2 Å². The summed E-state index contributed by atoms with van der Waals surface area (Å²) in [6.45, 7) is 7.16. The summed E-state index contributed by atoms with van der Waals surface area (Å²) in [4.78, 5) is 35.8. The minimum Gasteiger partial charge on any atom is -0.463 e. The average molecular weight is 374 g/mol. The van der Waals surface area contributed by atoms with Crippen LogP contribution in [0.25, 0.3) is 0 Å². The molecule has 0 bridgehead atoms. The molecule has 0 amide bonds. The Balaban J connectivity index is 2.69. The number of nitrogens with one attached hydrogen (secondary N) is 1. The molecular formula is C19H22N2O6. The number of ether oxygens (including phenoxy) is 2. The minimum absolute atomic E-state index is 0.00472. The number of rotatable bonds is 6. The van der Waals surface area contributed by atoms with Crippen LogP contribution in [0.5, 0.6) is 0 Å². The van der Waals surface area contributed by atoms with Crippen LogP contribution in [0.15, 0.2) is 46.8 Å². The molecule has 1 aliphatic rings. The highest BCUT2D eigenvalue weighted by Crippen LogP contribution is 2.39. The van der Waals surface area contributed by atoms with Gasteiger partial charge in [-0.15, -0.1) is 0 Å². The van der Waals surface area contributed by atoms with Crippen LogP contribution in [0, 0.1) is 10.1 Å². The molecule has 0 spiro atoms. The zero-order chi connectivity index (χ0) is 20.1. The molecule has 0 aromatic heterocycles. The van der Waals surface area contributed by atoms with Crippen molar-refractivity contribution in [1.82, 2.24) is 5.32 Å². The molecule has 27 heavy (non-hydrogen) atoms. The van der Waals surface area contributed by atoms with Crippen molar-refractivity contribution in [2.24, 2.45) is 0 Å². The first-order chi connectivity index (χ1) is 12.8. The van der Waals surface area contributed by atoms with E-state index in [9.17, 15) is 19.7 Å². The van der Waals surface area contributed by atoms with Crippen molar-refractivity contribution in [3.63, 3.8) is 0 Å². The monoisotopic (exact) mass is 374 g/mol. The third-order valence-electron chi connectivity index (χ3n) is 4.28. The minimum atomic E-state index is -0.678. The summed E-state index contributed by atoms with van der Waals surface area (Å²) in [7, 11) is 0. The highest BCUT2D eigenvalue weighted by atomic mass is 16.6. The number of hydrogen-bond acceptors (Lipinski definition) is 7. The Hall–Kier alpha value is -3.16. The molecule has 1 heterocycles. The molecule has 2 rings (SSSR count). The van der Waals surface area contributed by atoms with Gasteiger partial charge >= 0.3 is 11.9 Å². The van der Waals surface area contributed by atoms with Gasteiger partial charge in [0.2, 0.25) is 0 Å². The van der Waals surface area contributed by atoms with E-state index in [0.717, 1.165) is 5.57 Å². The lowest BCUT2D eigenvalue weighted by Crippen LogP contribution is -2.33. The summed E-state index contributed by atoms with van der Waals surface area (Å²) in [5, 5.41) is 14.1. The third-order valence-corrected chi connectivity index (χ3v) is 4.28. The standard InChI is InChI=1S/C19H22N2O6/c1-5-26-18(22)16-15(13-8-7-9-14(10-13)21(24)25)11(3)12(4)20-17(16)19(23)27-6-2/h7-10,15,20H,5-6H2,1-4H3. The van der Waals surface area contributed by atoms with Gasteiger partial charge in [-0.25, -0.2) is 9.59 Å².